The monoisotopic (exact) mass is 590 g/mol. The van der Waals surface area contributed by atoms with Crippen LogP contribution in [0.4, 0.5) is 5.69 Å². The molecule has 5 rings (SSSR count). The summed E-state index contributed by atoms with van der Waals surface area (Å²) < 4.78 is 0. The number of rotatable bonds is 5. The molecule has 1 saturated carbocycles. The number of nitrogens with one attached hydrogen (secondary N) is 1. The molecular weight excluding hydrogens is 559 g/mol. The van der Waals surface area contributed by atoms with E-state index >= 15 is 0 Å². The number of nitrogens with zero attached hydrogens (tertiary/aromatic N) is 3. The van der Waals surface area contributed by atoms with Gasteiger partial charge in [-0.1, -0.05) is 29.3 Å². The van der Waals surface area contributed by atoms with E-state index in [4.69, 9.17) is 23.2 Å². The number of halogens is 3. The van der Waals surface area contributed by atoms with Crippen LogP contribution in [0.2, 0.25) is 10.0 Å². The lowest BCUT2D eigenvalue weighted by atomic mass is 9.84. The van der Waals surface area contributed by atoms with Gasteiger partial charge in [0.15, 0.2) is 11.5 Å². The smallest absolute Gasteiger partial charge is 0.225 e. The number of likely N-dealkylation sites (N-methyl/N-ethyl adjacent to an activating group) is 1. The van der Waals surface area contributed by atoms with Gasteiger partial charge in [-0.3, -0.25) is 14.6 Å². The number of hydrogen-bond acceptors (Lipinski definition) is 6. The number of Topliss-reactive ketones (excluding diaryl/α,β-unsaturated/α-hetero) is 1. The van der Waals surface area contributed by atoms with Gasteiger partial charge in [-0.05, 0) is 75.0 Å². The number of aromatic nitrogens is 1. The second-order valence-electron chi connectivity index (χ2n) is 10.4. The third-order valence-corrected chi connectivity index (χ3v) is 8.41. The molecule has 7 nitrogen and oxygen atoms in total. The number of fused-ring (bicyclic) bond motifs is 1. The van der Waals surface area contributed by atoms with E-state index in [9.17, 15) is 14.7 Å². The first-order valence-electron chi connectivity index (χ1n) is 13.1. The average molecular weight is 592 g/mol. The molecule has 1 saturated heterocycles. The van der Waals surface area contributed by atoms with Gasteiger partial charge in [0.2, 0.25) is 5.91 Å². The molecule has 1 aliphatic heterocycles. The molecule has 2 heterocycles. The number of ketones is 1. The maximum absolute atomic E-state index is 13.1. The number of amides is 1. The van der Waals surface area contributed by atoms with Crippen molar-refractivity contribution in [2.24, 2.45) is 5.92 Å². The Hall–Kier alpha value is -2.58. The van der Waals surface area contributed by atoms with Gasteiger partial charge in [-0.2, -0.15) is 0 Å². The molecule has 0 bridgehead atoms. The summed E-state index contributed by atoms with van der Waals surface area (Å²) in [5.41, 5.74) is 3.65. The van der Waals surface area contributed by atoms with Gasteiger partial charge in [-0.25, -0.2) is 0 Å². The van der Waals surface area contributed by atoms with Crippen molar-refractivity contribution in [1.29, 1.82) is 0 Å². The molecular formula is C29H33Cl3N4O3. The highest BCUT2D eigenvalue weighted by Crippen LogP contribution is 2.39. The highest BCUT2D eigenvalue weighted by molar-refractivity contribution is 6.37. The van der Waals surface area contributed by atoms with E-state index in [1.165, 1.54) is 0 Å². The Bertz CT molecular complexity index is 1360. The van der Waals surface area contributed by atoms with E-state index < -0.39 is 0 Å². The first kappa shape index (κ1) is 29.4. The van der Waals surface area contributed by atoms with Crippen molar-refractivity contribution >= 4 is 63.9 Å². The van der Waals surface area contributed by atoms with Gasteiger partial charge in [0.25, 0.3) is 0 Å². The first-order chi connectivity index (χ1) is 18.2. The fourth-order valence-corrected chi connectivity index (χ4v) is 5.99. The number of phenolic OH excluding ortho intramolecular Hbond substituents is 1. The molecule has 0 radical (unpaired) electrons. The van der Waals surface area contributed by atoms with Crippen LogP contribution >= 0.6 is 35.6 Å². The van der Waals surface area contributed by atoms with E-state index in [2.05, 4.69) is 22.2 Å². The van der Waals surface area contributed by atoms with E-state index in [-0.39, 0.29) is 51.9 Å². The summed E-state index contributed by atoms with van der Waals surface area (Å²) in [6, 6.07) is 9.27. The minimum Gasteiger partial charge on any atom is -0.505 e. The normalized spacial score (nSPS) is 19.9. The third-order valence-electron chi connectivity index (χ3n) is 7.84. The standard InChI is InChI=1S/C29H32Cl2N4O3.ClH/c1-17(36)23-16-32-26-8-5-19(20-14-24(30)28(37)25(31)15-20)13-22(26)27(23)33-21-6-3-18(4-7-21)29(38)35-11-9-34(2)10-12-35;/h5,8,13-16,18,21,37H,3-4,6-7,9-12H2,1-2H3,(H,32,33);1H. The molecule has 0 unspecified atom stereocenters. The topological polar surface area (TPSA) is 85.8 Å². The van der Waals surface area contributed by atoms with Crippen LogP contribution in [-0.2, 0) is 4.79 Å². The second kappa shape index (κ2) is 12.3. The molecule has 3 aromatic rings. The number of aromatic hydroxyl groups is 1. The predicted molar refractivity (Wildman–Crippen MR) is 160 cm³/mol. The molecule has 2 N–H and O–H groups in total. The summed E-state index contributed by atoms with van der Waals surface area (Å²) in [4.78, 5) is 34.5. The van der Waals surface area contributed by atoms with Crippen molar-refractivity contribution in [1.82, 2.24) is 14.8 Å². The Labute approximate surface area is 244 Å². The fourth-order valence-electron chi connectivity index (χ4n) is 5.50. The van der Waals surface area contributed by atoms with Crippen molar-refractivity contribution in [3.63, 3.8) is 0 Å². The van der Waals surface area contributed by atoms with Crippen LogP contribution in [0.1, 0.15) is 43.0 Å². The summed E-state index contributed by atoms with van der Waals surface area (Å²) in [6.07, 6.45) is 5.00. The van der Waals surface area contributed by atoms with Gasteiger partial charge < -0.3 is 20.2 Å². The van der Waals surface area contributed by atoms with Crippen molar-refractivity contribution in [3.05, 3.63) is 52.1 Å². The minimum atomic E-state index is -0.150. The maximum atomic E-state index is 13.1. The quantitative estimate of drug-likeness (QED) is 0.340. The Morgan fingerprint density at radius 3 is 2.23 bits per heavy atom. The molecule has 1 aliphatic carbocycles. The van der Waals surface area contributed by atoms with Gasteiger partial charge in [0.05, 0.1) is 26.8 Å². The summed E-state index contributed by atoms with van der Waals surface area (Å²) in [5.74, 6) is 0.129. The summed E-state index contributed by atoms with van der Waals surface area (Å²) >= 11 is 12.3. The number of hydrogen-bond donors (Lipinski definition) is 2. The highest BCUT2D eigenvalue weighted by atomic mass is 35.5. The Morgan fingerprint density at radius 1 is 0.974 bits per heavy atom. The number of phenols is 1. The predicted octanol–water partition coefficient (Wildman–Crippen LogP) is 6.28. The molecule has 2 aliphatic rings. The van der Waals surface area contributed by atoms with E-state index in [0.29, 0.717) is 5.56 Å². The molecule has 10 heteroatoms. The lowest BCUT2D eigenvalue weighted by Gasteiger charge is -2.37. The lowest BCUT2D eigenvalue weighted by molar-refractivity contribution is -0.138. The Kier molecular flexibility index (Phi) is 9.27. The molecule has 0 spiro atoms. The zero-order valence-electron chi connectivity index (χ0n) is 22.0. The summed E-state index contributed by atoms with van der Waals surface area (Å²) in [5, 5.41) is 14.8. The van der Waals surface area contributed by atoms with Crippen molar-refractivity contribution in [3.8, 4) is 16.9 Å². The fraction of sp³-hybridized carbons (Fsp3) is 0.414. The minimum absolute atomic E-state index is 0. The van der Waals surface area contributed by atoms with Crippen LogP contribution in [-0.4, -0.2) is 70.8 Å². The number of carbonyl (C=O) groups excluding carboxylic acids is 2. The van der Waals surface area contributed by atoms with Crippen LogP contribution in [0.3, 0.4) is 0 Å². The number of anilines is 1. The molecule has 2 aromatic carbocycles. The van der Waals surface area contributed by atoms with Crippen molar-refractivity contribution < 1.29 is 14.7 Å². The van der Waals surface area contributed by atoms with E-state index in [1.807, 2.05) is 23.1 Å². The van der Waals surface area contributed by atoms with E-state index in [1.54, 1.807) is 25.3 Å². The SMILES string of the molecule is CC(=O)c1cnc2ccc(-c3cc(Cl)c(O)c(Cl)c3)cc2c1NC1CCC(C(=O)N2CCN(C)CC2)CC1.Cl. The number of benzene rings is 2. The second-order valence-corrected chi connectivity index (χ2v) is 11.3. The van der Waals surface area contributed by atoms with Gasteiger partial charge >= 0.3 is 0 Å². The molecule has 1 amide bonds. The van der Waals surface area contributed by atoms with E-state index in [0.717, 1.165) is 79.6 Å². The molecule has 1 aromatic heterocycles. The molecule has 0 atom stereocenters. The molecule has 208 valence electrons. The zero-order valence-corrected chi connectivity index (χ0v) is 24.4. The number of pyridine rings is 1. The third kappa shape index (κ3) is 6.27. The zero-order chi connectivity index (χ0) is 27.0. The van der Waals surface area contributed by atoms with Crippen molar-refractivity contribution in [2.75, 3.05) is 38.5 Å². The van der Waals surface area contributed by atoms with Crippen LogP contribution in [0.5, 0.6) is 5.75 Å². The molecule has 2 fully saturated rings. The van der Waals surface area contributed by atoms with Gasteiger partial charge in [0, 0.05) is 49.7 Å². The molecule has 39 heavy (non-hydrogen) atoms. The average Bonchev–Trinajstić information content (AvgIpc) is 2.91. The van der Waals surface area contributed by atoms with Gasteiger partial charge in [-0.15, -0.1) is 12.4 Å². The van der Waals surface area contributed by atoms with Crippen LogP contribution in [0.25, 0.3) is 22.0 Å². The first-order valence-corrected chi connectivity index (χ1v) is 13.8. The Balaban J connectivity index is 0.00000353. The number of carbonyl (C=O) groups is 2. The maximum Gasteiger partial charge on any atom is 0.225 e. The highest BCUT2D eigenvalue weighted by Gasteiger charge is 2.31. The van der Waals surface area contributed by atoms with Crippen LogP contribution in [0, 0.1) is 5.92 Å². The summed E-state index contributed by atoms with van der Waals surface area (Å²) in [6.45, 7) is 5.01. The number of piperazine rings is 1. The van der Waals surface area contributed by atoms with Crippen LogP contribution in [0.15, 0.2) is 36.5 Å². The Morgan fingerprint density at radius 2 is 1.62 bits per heavy atom. The van der Waals surface area contributed by atoms with Crippen LogP contribution < -0.4 is 5.32 Å². The largest absolute Gasteiger partial charge is 0.505 e. The lowest BCUT2D eigenvalue weighted by Crippen LogP contribution is -2.49. The van der Waals surface area contributed by atoms with Gasteiger partial charge in [0.1, 0.15) is 0 Å². The van der Waals surface area contributed by atoms with Crippen molar-refractivity contribution in [2.45, 2.75) is 38.6 Å². The summed E-state index contributed by atoms with van der Waals surface area (Å²) in [7, 11) is 2.09.